The van der Waals surface area contributed by atoms with Gasteiger partial charge < -0.3 is 5.32 Å². The topological polar surface area (TPSA) is 24.9 Å². The lowest BCUT2D eigenvalue weighted by Gasteiger charge is -2.10. The number of rotatable bonds is 6. The van der Waals surface area contributed by atoms with Gasteiger partial charge in [0.1, 0.15) is 4.34 Å². The van der Waals surface area contributed by atoms with Gasteiger partial charge >= 0.3 is 0 Å². The summed E-state index contributed by atoms with van der Waals surface area (Å²) in [6, 6.07) is 0.573. The smallest absolute Gasteiger partial charge is 0.150 e. The van der Waals surface area contributed by atoms with E-state index in [1.165, 1.54) is 10.8 Å². The number of nitrogens with zero attached hydrogens (tertiary/aromatic N) is 1. The normalized spacial score (nSPS) is 13.1. The van der Waals surface area contributed by atoms with E-state index in [-0.39, 0.29) is 0 Å². The maximum Gasteiger partial charge on any atom is 0.150 e. The standard InChI is InChI=1S/C10H18N2S2/c1-4-5-11-8(2)6-13-10-12-9(3)7-14-10/h7-8,11H,4-6H2,1-3H3. The van der Waals surface area contributed by atoms with Crippen molar-refractivity contribution < 1.29 is 0 Å². The number of thioether (sulfide) groups is 1. The Balaban J connectivity index is 2.20. The highest BCUT2D eigenvalue weighted by Gasteiger charge is 2.03. The highest BCUT2D eigenvalue weighted by Crippen LogP contribution is 2.22. The number of hydrogen-bond acceptors (Lipinski definition) is 4. The molecule has 0 amide bonds. The summed E-state index contributed by atoms with van der Waals surface area (Å²) in [5.41, 5.74) is 1.13. The van der Waals surface area contributed by atoms with Crippen LogP contribution in [0.2, 0.25) is 0 Å². The first kappa shape index (κ1) is 12.0. The van der Waals surface area contributed by atoms with Gasteiger partial charge in [-0.25, -0.2) is 4.98 Å². The molecule has 0 aliphatic heterocycles. The first-order valence-electron chi connectivity index (χ1n) is 5.00. The second-order valence-electron chi connectivity index (χ2n) is 3.42. The molecule has 1 aromatic rings. The number of aromatic nitrogens is 1. The van der Waals surface area contributed by atoms with Crippen molar-refractivity contribution in [3.63, 3.8) is 0 Å². The van der Waals surface area contributed by atoms with E-state index in [0.717, 1.165) is 18.0 Å². The number of hydrogen-bond donors (Lipinski definition) is 1. The molecule has 0 saturated heterocycles. The fourth-order valence-corrected chi connectivity index (χ4v) is 2.91. The molecule has 1 atom stereocenters. The monoisotopic (exact) mass is 230 g/mol. The second-order valence-corrected chi connectivity index (χ2v) is 5.55. The third-order valence-corrected chi connectivity index (χ3v) is 4.20. The van der Waals surface area contributed by atoms with Crippen LogP contribution in [-0.2, 0) is 0 Å². The van der Waals surface area contributed by atoms with Crippen LogP contribution in [0.3, 0.4) is 0 Å². The van der Waals surface area contributed by atoms with E-state index < -0.39 is 0 Å². The van der Waals surface area contributed by atoms with Gasteiger partial charge in [0.25, 0.3) is 0 Å². The summed E-state index contributed by atoms with van der Waals surface area (Å²) in [6.07, 6.45) is 1.20. The zero-order valence-corrected chi connectivity index (χ0v) is 10.7. The molecule has 1 heterocycles. The Hall–Kier alpha value is -0.0600. The Morgan fingerprint density at radius 1 is 1.64 bits per heavy atom. The molecule has 0 aromatic carbocycles. The van der Waals surface area contributed by atoms with Gasteiger partial charge in [-0.05, 0) is 26.8 Å². The average molecular weight is 230 g/mol. The van der Waals surface area contributed by atoms with Crippen molar-refractivity contribution in [2.45, 2.75) is 37.6 Å². The fourth-order valence-electron chi connectivity index (χ4n) is 1.04. The van der Waals surface area contributed by atoms with Crippen LogP contribution < -0.4 is 5.32 Å². The van der Waals surface area contributed by atoms with Gasteiger partial charge in [-0.2, -0.15) is 0 Å². The van der Waals surface area contributed by atoms with E-state index in [0.29, 0.717) is 6.04 Å². The SMILES string of the molecule is CCCNC(C)CSc1nc(C)cs1. The summed E-state index contributed by atoms with van der Waals surface area (Å²) in [5, 5.41) is 5.57. The van der Waals surface area contributed by atoms with Crippen molar-refractivity contribution >= 4 is 23.1 Å². The zero-order valence-electron chi connectivity index (χ0n) is 9.04. The molecule has 14 heavy (non-hydrogen) atoms. The summed E-state index contributed by atoms with van der Waals surface area (Å²) in [7, 11) is 0. The van der Waals surface area contributed by atoms with Gasteiger partial charge in [0.05, 0.1) is 0 Å². The van der Waals surface area contributed by atoms with Crippen LogP contribution in [0, 0.1) is 6.92 Å². The molecule has 1 rings (SSSR count). The van der Waals surface area contributed by atoms with Crippen LogP contribution >= 0.6 is 23.1 Å². The number of aryl methyl sites for hydroxylation is 1. The van der Waals surface area contributed by atoms with Crippen molar-refractivity contribution in [2.24, 2.45) is 0 Å². The Kier molecular flexibility index (Phi) is 5.52. The predicted octanol–water partition coefficient (Wildman–Crippen LogP) is 2.93. The van der Waals surface area contributed by atoms with Crippen LogP contribution in [-0.4, -0.2) is 23.3 Å². The largest absolute Gasteiger partial charge is 0.313 e. The number of nitrogens with one attached hydrogen (secondary N) is 1. The molecule has 1 N–H and O–H groups in total. The minimum Gasteiger partial charge on any atom is -0.313 e. The minimum atomic E-state index is 0.573. The second kappa shape index (κ2) is 6.43. The molecule has 2 nitrogen and oxygen atoms in total. The summed E-state index contributed by atoms with van der Waals surface area (Å²) >= 11 is 3.58. The van der Waals surface area contributed by atoms with Gasteiger partial charge in [-0.3, -0.25) is 0 Å². The molecule has 0 spiro atoms. The predicted molar refractivity (Wildman–Crippen MR) is 65.3 cm³/mol. The van der Waals surface area contributed by atoms with E-state index in [2.05, 4.69) is 29.5 Å². The summed E-state index contributed by atoms with van der Waals surface area (Å²) in [6.45, 7) is 7.57. The first-order valence-corrected chi connectivity index (χ1v) is 6.87. The lowest BCUT2D eigenvalue weighted by Crippen LogP contribution is -2.28. The molecule has 0 bridgehead atoms. The van der Waals surface area contributed by atoms with Gasteiger partial charge in [-0.1, -0.05) is 18.7 Å². The summed E-state index contributed by atoms with van der Waals surface area (Å²) in [4.78, 5) is 4.42. The highest BCUT2D eigenvalue weighted by atomic mass is 32.2. The summed E-state index contributed by atoms with van der Waals surface area (Å²) in [5.74, 6) is 1.10. The van der Waals surface area contributed by atoms with Gasteiger partial charge in [0.15, 0.2) is 0 Å². The van der Waals surface area contributed by atoms with Crippen LogP contribution in [0.1, 0.15) is 26.0 Å². The Morgan fingerprint density at radius 3 is 3.00 bits per heavy atom. The lowest BCUT2D eigenvalue weighted by molar-refractivity contribution is 0.590. The molecule has 80 valence electrons. The molecule has 0 aliphatic carbocycles. The van der Waals surface area contributed by atoms with Crippen molar-refractivity contribution in [3.05, 3.63) is 11.1 Å². The van der Waals surface area contributed by atoms with Crippen LogP contribution in [0.4, 0.5) is 0 Å². The molecular formula is C10H18N2S2. The molecular weight excluding hydrogens is 212 g/mol. The van der Waals surface area contributed by atoms with Crippen LogP contribution in [0.5, 0.6) is 0 Å². The highest BCUT2D eigenvalue weighted by molar-refractivity contribution is 8.01. The molecule has 0 saturated carbocycles. The van der Waals surface area contributed by atoms with Gasteiger partial charge in [0.2, 0.25) is 0 Å². The van der Waals surface area contributed by atoms with Crippen molar-refractivity contribution in [1.29, 1.82) is 0 Å². The van der Waals surface area contributed by atoms with Crippen molar-refractivity contribution in [1.82, 2.24) is 10.3 Å². The minimum absolute atomic E-state index is 0.573. The van der Waals surface area contributed by atoms with E-state index >= 15 is 0 Å². The van der Waals surface area contributed by atoms with E-state index in [4.69, 9.17) is 0 Å². The quantitative estimate of drug-likeness (QED) is 0.761. The molecule has 1 unspecified atom stereocenters. The first-order chi connectivity index (χ1) is 6.72. The molecule has 0 fully saturated rings. The van der Waals surface area contributed by atoms with Crippen molar-refractivity contribution in [2.75, 3.05) is 12.3 Å². The van der Waals surface area contributed by atoms with Crippen LogP contribution in [0.25, 0.3) is 0 Å². The molecule has 0 aliphatic rings. The zero-order chi connectivity index (χ0) is 10.4. The number of thiazole rings is 1. The van der Waals surface area contributed by atoms with Gasteiger partial charge in [0, 0.05) is 22.9 Å². The fraction of sp³-hybridized carbons (Fsp3) is 0.700. The lowest BCUT2D eigenvalue weighted by atomic mass is 10.3. The van der Waals surface area contributed by atoms with E-state index in [1.54, 1.807) is 11.3 Å². The maximum absolute atomic E-state index is 4.42. The van der Waals surface area contributed by atoms with Gasteiger partial charge in [-0.15, -0.1) is 11.3 Å². The third-order valence-electron chi connectivity index (χ3n) is 1.80. The maximum atomic E-state index is 4.42. The Morgan fingerprint density at radius 2 is 2.43 bits per heavy atom. The Labute approximate surface area is 94.5 Å². The van der Waals surface area contributed by atoms with E-state index in [9.17, 15) is 0 Å². The Bertz CT molecular complexity index is 260. The molecule has 0 radical (unpaired) electrons. The summed E-state index contributed by atoms with van der Waals surface area (Å²) < 4.78 is 1.19. The van der Waals surface area contributed by atoms with Crippen molar-refractivity contribution in [3.8, 4) is 0 Å². The van der Waals surface area contributed by atoms with E-state index in [1.807, 2.05) is 18.7 Å². The molecule has 4 heteroatoms. The average Bonchev–Trinajstić information content (AvgIpc) is 2.58. The molecule has 1 aromatic heterocycles. The third kappa shape index (κ3) is 4.44. The van der Waals surface area contributed by atoms with Crippen LogP contribution in [0.15, 0.2) is 9.72 Å².